The molecule has 0 spiro atoms. The molecule has 2 N–H and O–H groups in total. The van der Waals surface area contributed by atoms with Crippen molar-refractivity contribution in [1.29, 1.82) is 0 Å². The lowest BCUT2D eigenvalue weighted by atomic mass is 10.2. The van der Waals surface area contributed by atoms with Crippen molar-refractivity contribution >= 4 is 11.9 Å². The maximum Gasteiger partial charge on any atom is 0.326 e. The molecule has 0 aliphatic rings. The molecule has 0 aromatic heterocycles. The lowest BCUT2D eigenvalue weighted by Crippen LogP contribution is -2.39. The first-order valence-corrected chi connectivity index (χ1v) is 3.57. The molecule has 64 valence electrons. The second kappa shape index (κ2) is 4.71. The van der Waals surface area contributed by atoms with Gasteiger partial charge in [0.15, 0.2) is 0 Å². The lowest BCUT2D eigenvalue weighted by Gasteiger charge is -2.10. The third-order valence-corrected chi connectivity index (χ3v) is 1.25. The molecule has 1 amide bonds. The number of carboxylic acid groups (broad SMARTS) is 1. The van der Waals surface area contributed by atoms with Gasteiger partial charge >= 0.3 is 5.97 Å². The van der Waals surface area contributed by atoms with E-state index in [0.717, 1.165) is 6.42 Å². The predicted molar refractivity (Wildman–Crippen MR) is 40.1 cm³/mol. The minimum absolute atomic E-state index is 0.300. The Morgan fingerprint density at radius 3 is 2.36 bits per heavy atom. The number of amides is 1. The van der Waals surface area contributed by atoms with Crippen LogP contribution >= 0.6 is 0 Å². The van der Waals surface area contributed by atoms with Crippen LogP contribution in [0.4, 0.5) is 0 Å². The van der Waals surface area contributed by atoms with Gasteiger partial charge in [0.05, 0.1) is 0 Å². The van der Waals surface area contributed by atoms with Gasteiger partial charge < -0.3 is 10.4 Å². The van der Waals surface area contributed by atoms with Crippen molar-refractivity contribution in [1.82, 2.24) is 5.32 Å². The highest BCUT2D eigenvalue weighted by Gasteiger charge is 2.15. The van der Waals surface area contributed by atoms with Crippen LogP contribution in [0.5, 0.6) is 0 Å². The highest BCUT2D eigenvalue weighted by Crippen LogP contribution is 1.95. The van der Waals surface area contributed by atoms with E-state index in [1.54, 1.807) is 0 Å². The van der Waals surface area contributed by atoms with Crippen LogP contribution < -0.4 is 5.32 Å². The number of carbonyl (C=O) groups is 2. The number of hydrogen-bond donors (Lipinski definition) is 2. The molecule has 11 heavy (non-hydrogen) atoms. The third kappa shape index (κ3) is 4.36. The first kappa shape index (κ1) is 9.94. The van der Waals surface area contributed by atoms with Crippen molar-refractivity contribution in [2.24, 2.45) is 0 Å². The van der Waals surface area contributed by atoms with Gasteiger partial charge in [-0.15, -0.1) is 0 Å². The van der Waals surface area contributed by atoms with Crippen LogP contribution in [0.25, 0.3) is 0 Å². The molecule has 4 heteroatoms. The quantitative estimate of drug-likeness (QED) is 0.623. The summed E-state index contributed by atoms with van der Waals surface area (Å²) in [5, 5.41) is 10.9. The minimum Gasteiger partial charge on any atom is -0.480 e. The highest BCUT2D eigenvalue weighted by molar-refractivity contribution is 5.81. The fraction of sp³-hybridized carbons (Fsp3) is 0.714. The van der Waals surface area contributed by atoms with E-state index in [1.165, 1.54) is 6.92 Å². The van der Waals surface area contributed by atoms with Gasteiger partial charge in [0.25, 0.3) is 0 Å². The summed E-state index contributed by atoms with van der Waals surface area (Å²) in [6.45, 7) is 3.18. The third-order valence-electron chi connectivity index (χ3n) is 1.25. The van der Waals surface area contributed by atoms with E-state index in [0.29, 0.717) is 6.42 Å². The van der Waals surface area contributed by atoms with Gasteiger partial charge in [-0.2, -0.15) is 0 Å². The van der Waals surface area contributed by atoms with Crippen molar-refractivity contribution in [2.75, 3.05) is 0 Å². The van der Waals surface area contributed by atoms with Gasteiger partial charge in [-0.1, -0.05) is 13.3 Å². The summed E-state index contributed by atoms with van der Waals surface area (Å²) in [5.41, 5.74) is 0. The fourth-order valence-electron chi connectivity index (χ4n) is 0.791. The summed E-state index contributed by atoms with van der Waals surface area (Å²) in [6, 6.07) is -0.725. The standard InChI is InChI=1S/C7H13NO3/c1-3-4-6(7(10)11)8-5(2)9/h6H,3-4H2,1-2H3,(H,8,9)(H,10,11)/t6-/m1/s1. The zero-order valence-corrected chi connectivity index (χ0v) is 6.76. The van der Waals surface area contributed by atoms with E-state index >= 15 is 0 Å². The molecule has 0 unspecified atom stereocenters. The van der Waals surface area contributed by atoms with Crippen LogP contribution in [0, 0.1) is 0 Å². The molecule has 4 nitrogen and oxygen atoms in total. The Kier molecular flexibility index (Phi) is 4.26. The van der Waals surface area contributed by atoms with Crippen molar-refractivity contribution in [3.05, 3.63) is 0 Å². The average molecular weight is 159 g/mol. The molecule has 0 aromatic carbocycles. The topological polar surface area (TPSA) is 66.4 Å². The predicted octanol–water partition coefficient (Wildman–Crippen LogP) is 0.376. The number of carboxylic acids is 1. The molecule has 0 saturated heterocycles. The van der Waals surface area contributed by atoms with Gasteiger partial charge in [-0.3, -0.25) is 4.79 Å². The summed E-state index contributed by atoms with van der Waals surface area (Å²) in [7, 11) is 0. The lowest BCUT2D eigenvalue weighted by molar-refractivity contribution is -0.141. The van der Waals surface area contributed by atoms with Crippen molar-refractivity contribution in [2.45, 2.75) is 32.7 Å². The molecule has 0 rings (SSSR count). The maximum absolute atomic E-state index is 10.5. The van der Waals surface area contributed by atoms with E-state index in [1.807, 2.05) is 6.92 Å². The van der Waals surface area contributed by atoms with Gasteiger partial charge in [0.1, 0.15) is 6.04 Å². The van der Waals surface area contributed by atoms with Crippen LogP contribution in [0.15, 0.2) is 0 Å². The molecular weight excluding hydrogens is 146 g/mol. The van der Waals surface area contributed by atoms with Crippen molar-refractivity contribution in [3.8, 4) is 0 Å². The van der Waals surface area contributed by atoms with Gasteiger partial charge in [0, 0.05) is 6.92 Å². The van der Waals surface area contributed by atoms with Crippen LogP contribution in [0.2, 0.25) is 0 Å². The zero-order chi connectivity index (χ0) is 8.85. The van der Waals surface area contributed by atoms with Crippen molar-refractivity contribution < 1.29 is 14.7 Å². The highest BCUT2D eigenvalue weighted by atomic mass is 16.4. The normalized spacial score (nSPS) is 12.2. The molecule has 0 saturated carbocycles. The van der Waals surface area contributed by atoms with E-state index in [-0.39, 0.29) is 5.91 Å². The summed E-state index contributed by atoms with van der Waals surface area (Å²) >= 11 is 0. The number of rotatable bonds is 4. The number of hydrogen-bond acceptors (Lipinski definition) is 2. The number of carbonyl (C=O) groups excluding carboxylic acids is 1. The Morgan fingerprint density at radius 2 is 2.09 bits per heavy atom. The molecule has 1 atom stereocenters. The van der Waals surface area contributed by atoms with Gasteiger partial charge in [0.2, 0.25) is 5.91 Å². The van der Waals surface area contributed by atoms with E-state index < -0.39 is 12.0 Å². The molecule has 0 aliphatic heterocycles. The fourth-order valence-corrected chi connectivity index (χ4v) is 0.791. The molecular formula is C7H13NO3. The molecule has 0 heterocycles. The second-order valence-corrected chi connectivity index (χ2v) is 2.38. The second-order valence-electron chi connectivity index (χ2n) is 2.38. The Morgan fingerprint density at radius 1 is 1.55 bits per heavy atom. The summed E-state index contributed by atoms with van der Waals surface area (Å²) in [6.07, 6.45) is 1.23. The monoisotopic (exact) mass is 159 g/mol. The Hall–Kier alpha value is -1.06. The van der Waals surface area contributed by atoms with Crippen LogP contribution in [-0.4, -0.2) is 23.0 Å². The summed E-state index contributed by atoms with van der Waals surface area (Å²) in [5.74, 6) is -1.27. The number of aliphatic carboxylic acids is 1. The molecule has 0 fully saturated rings. The van der Waals surface area contributed by atoms with Crippen LogP contribution in [0.3, 0.4) is 0 Å². The van der Waals surface area contributed by atoms with E-state index in [9.17, 15) is 9.59 Å². The summed E-state index contributed by atoms with van der Waals surface area (Å²) < 4.78 is 0. The van der Waals surface area contributed by atoms with E-state index in [2.05, 4.69) is 5.32 Å². The zero-order valence-electron chi connectivity index (χ0n) is 6.76. The van der Waals surface area contributed by atoms with E-state index in [4.69, 9.17) is 5.11 Å². The van der Waals surface area contributed by atoms with Crippen LogP contribution in [-0.2, 0) is 9.59 Å². The van der Waals surface area contributed by atoms with Crippen molar-refractivity contribution in [3.63, 3.8) is 0 Å². The van der Waals surface area contributed by atoms with Crippen LogP contribution in [0.1, 0.15) is 26.7 Å². The smallest absolute Gasteiger partial charge is 0.326 e. The summed E-state index contributed by atoms with van der Waals surface area (Å²) in [4.78, 5) is 20.9. The Bertz CT molecular complexity index is 156. The Labute approximate surface area is 65.6 Å². The SMILES string of the molecule is CCC[C@@H](NC(C)=O)C(=O)O. The molecule has 0 radical (unpaired) electrons. The van der Waals surface area contributed by atoms with Gasteiger partial charge in [-0.05, 0) is 6.42 Å². The molecule has 0 bridgehead atoms. The number of nitrogens with one attached hydrogen (secondary N) is 1. The van der Waals surface area contributed by atoms with Gasteiger partial charge in [-0.25, -0.2) is 4.79 Å². The molecule has 0 aliphatic carbocycles. The maximum atomic E-state index is 10.5. The first-order chi connectivity index (χ1) is 5.07. The molecule has 0 aromatic rings. The average Bonchev–Trinajstić information content (AvgIpc) is 1.86. The minimum atomic E-state index is -0.970. The first-order valence-electron chi connectivity index (χ1n) is 3.57. The largest absolute Gasteiger partial charge is 0.480 e. The Balaban J connectivity index is 3.89.